The minimum atomic E-state index is 0.175. The van der Waals surface area contributed by atoms with E-state index >= 15 is 0 Å². The molecule has 0 aliphatic heterocycles. The van der Waals surface area contributed by atoms with Gasteiger partial charge in [-0.15, -0.1) is 5.10 Å². The molecule has 0 fully saturated rings. The summed E-state index contributed by atoms with van der Waals surface area (Å²) in [6.07, 6.45) is 2.70. The lowest BCUT2D eigenvalue weighted by Gasteiger charge is -2.06. The molecule has 0 spiro atoms. The van der Waals surface area contributed by atoms with E-state index in [0.717, 1.165) is 17.7 Å². The second-order valence-corrected chi connectivity index (χ2v) is 4.74. The summed E-state index contributed by atoms with van der Waals surface area (Å²) in [4.78, 5) is 4.13. The Labute approximate surface area is 106 Å². The van der Waals surface area contributed by atoms with Crippen LogP contribution in [0, 0.1) is 5.92 Å². The predicted molar refractivity (Wildman–Crippen MR) is 68.8 cm³/mol. The van der Waals surface area contributed by atoms with Crippen LogP contribution in [0.15, 0.2) is 30.5 Å². The predicted octanol–water partition coefficient (Wildman–Crippen LogP) is 3.39. The van der Waals surface area contributed by atoms with Crippen molar-refractivity contribution in [1.29, 1.82) is 0 Å². The highest BCUT2D eigenvalue weighted by Crippen LogP contribution is 2.18. The number of nitrogens with zero attached hydrogens (tertiary/aromatic N) is 3. The summed E-state index contributed by atoms with van der Waals surface area (Å²) >= 11 is 5.71. The highest BCUT2D eigenvalue weighted by Gasteiger charge is 2.03. The summed E-state index contributed by atoms with van der Waals surface area (Å²) in [6.45, 7) is 4.42. The molecule has 2 rings (SSSR count). The molecule has 0 aliphatic carbocycles. The maximum absolute atomic E-state index is 5.71. The Kier molecular flexibility index (Phi) is 3.69. The first-order valence-corrected chi connectivity index (χ1v) is 5.97. The first-order valence-electron chi connectivity index (χ1n) is 5.59. The lowest BCUT2D eigenvalue weighted by atomic mass is 10.0. The largest absolute Gasteiger partial charge is 0.243 e. The molecule has 0 saturated heterocycles. The molecule has 2 aromatic rings. The van der Waals surface area contributed by atoms with Crippen LogP contribution in [0.5, 0.6) is 0 Å². The van der Waals surface area contributed by atoms with Gasteiger partial charge in [-0.1, -0.05) is 38.1 Å². The molecule has 17 heavy (non-hydrogen) atoms. The number of aromatic nitrogens is 3. The molecule has 1 aromatic heterocycles. The van der Waals surface area contributed by atoms with E-state index in [2.05, 4.69) is 41.2 Å². The maximum atomic E-state index is 5.71. The molecule has 0 atom stereocenters. The number of rotatable bonds is 3. The third kappa shape index (κ3) is 3.24. The van der Waals surface area contributed by atoms with E-state index in [1.165, 1.54) is 5.56 Å². The van der Waals surface area contributed by atoms with Crippen molar-refractivity contribution in [3.63, 3.8) is 0 Å². The Morgan fingerprint density at radius 2 is 1.88 bits per heavy atom. The Morgan fingerprint density at radius 3 is 2.47 bits per heavy atom. The molecule has 0 saturated carbocycles. The second-order valence-electron chi connectivity index (χ2n) is 4.41. The van der Waals surface area contributed by atoms with Gasteiger partial charge in [0.05, 0.1) is 11.9 Å². The summed E-state index contributed by atoms with van der Waals surface area (Å²) in [5.74, 6) is 0.663. The van der Waals surface area contributed by atoms with E-state index in [9.17, 15) is 0 Å². The summed E-state index contributed by atoms with van der Waals surface area (Å²) < 4.78 is 0. The van der Waals surface area contributed by atoms with Gasteiger partial charge in [0.2, 0.25) is 5.28 Å². The van der Waals surface area contributed by atoms with Gasteiger partial charge in [-0.2, -0.15) is 5.10 Å². The van der Waals surface area contributed by atoms with Crippen LogP contribution in [0.1, 0.15) is 19.4 Å². The van der Waals surface area contributed by atoms with E-state index in [4.69, 9.17) is 11.6 Å². The molecule has 88 valence electrons. The Hall–Kier alpha value is -1.48. The molecule has 0 bridgehead atoms. The van der Waals surface area contributed by atoms with Crippen LogP contribution in [0.25, 0.3) is 11.3 Å². The second kappa shape index (κ2) is 5.23. The quantitative estimate of drug-likeness (QED) is 0.835. The monoisotopic (exact) mass is 247 g/mol. The fraction of sp³-hybridized carbons (Fsp3) is 0.308. The maximum Gasteiger partial charge on any atom is 0.243 e. The fourth-order valence-electron chi connectivity index (χ4n) is 1.70. The molecule has 0 amide bonds. The van der Waals surface area contributed by atoms with Crippen LogP contribution in [-0.2, 0) is 6.42 Å². The topological polar surface area (TPSA) is 38.7 Å². The summed E-state index contributed by atoms with van der Waals surface area (Å²) in [5.41, 5.74) is 3.09. The van der Waals surface area contributed by atoms with Crippen LogP contribution < -0.4 is 0 Å². The smallest absolute Gasteiger partial charge is 0.215 e. The first-order chi connectivity index (χ1) is 8.15. The lowest BCUT2D eigenvalue weighted by molar-refractivity contribution is 0.647. The van der Waals surface area contributed by atoms with Gasteiger partial charge in [0, 0.05) is 5.56 Å². The molecule has 0 unspecified atom stereocenters. The highest BCUT2D eigenvalue weighted by molar-refractivity contribution is 6.28. The molecule has 1 aromatic carbocycles. The van der Waals surface area contributed by atoms with E-state index in [-0.39, 0.29) is 5.28 Å². The summed E-state index contributed by atoms with van der Waals surface area (Å²) in [6, 6.07) is 8.31. The SMILES string of the molecule is CC(C)Cc1ccc(-c2cnnc(Cl)n2)cc1. The van der Waals surface area contributed by atoms with Crippen molar-refractivity contribution in [1.82, 2.24) is 15.2 Å². The van der Waals surface area contributed by atoms with Gasteiger partial charge in [0.1, 0.15) is 0 Å². The standard InChI is InChI=1S/C13H14ClN3/c1-9(2)7-10-3-5-11(6-4-10)12-8-15-17-13(14)16-12/h3-6,8-9H,7H2,1-2H3. The van der Waals surface area contributed by atoms with E-state index in [1.54, 1.807) is 6.20 Å². The van der Waals surface area contributed by atoms with Crippen LogP contribution in [0.4, 0.5) is 0 Å². The van der Waals surface area contributed by atoms with E-state index in [0.29, 0.717) is 5.92 Å². The number of benzene rings is 1. The Bertz CT molecular complexity index is 494. The molecule has 0 aliphatic rings. The Balaban J connectivity index is 2.23. The van der Waals surface area contributed by atoms with Crippen molar-refractivity contribution in [2.75, 3.05) is 0 Å². The van der Waals surface area contributed by atoms with Crippen molar-refractivity contribution in [2.24, 2.45) is 5.92 Å². The van der Waals surface area contributed by atoms with Crippen LogP contribution in [-0.4, -0.2) is 15.2 Å². The molecule has 4 heteroatoms. The number of hydrogen-bond acceptors (Lipinski definition) is 3. The van der Waals surface area contributed by atoms with Crippen LogP contribution >= 0.6 is 11.6 Å². The van der Waals surface area contributed by atoms with Gasteiger partial charge in [0.25, 0.3) is 0 Å². The molecular formula is C13H14ClN3. The van der Waals surface area contributed by atoms with Crippen molar-refractivity contribution >= 4 is 11.6 Å². The van der Waals surface area contributed by atoms with Gasteiger partial charge < -0.3 is 0 Å². The highest BCUT2D eigenvalue weighted by atomic mass is 35.5. The van der Waals surface area contributed by atoms with Crippen molar-refractivity contribution in [3.8, 4) is 11.3 Å². The van der Waals surface area contributed by atoms with Crippen molar-refractivity contribution < 1.29 is 0 Å². The van der Waals surface area contributed by atoms with Crippen LogP contribution in [0.3, 0.4) is 0 Å². The minimum Gasteiger partial charge on any atom is -0.215 e. The Morgan fingerprint density at radius 1 is 1.18 bits per heavy atom. The zero-order valence-electron chi connectivity index (χ0n) is 9.89. The molecular weight excluding hydrogens is 234 g/mol. The summed E-state index contributed by atoms with van der Waals surface area (Å²) in [7, 11) is 0. The van der Waals surface area contributed by atoms with E-state index < -0.39 is 0 Å². The van der Waals surface area contributed by atoms with Crippen LogP contribution in [0.2, 0.25) is 5.28 Å². The summed E-state index contributed by atoms with van der Waals surface area (Å²) in [5, 5.41) is 7.59. The van der Waals surface area contributed by atoms with Gasteiger partial charge in [-0.3, -0.25) is 0 Å². The molecule has 3 nitrogen and oxygen atoms in total. The van der Waals surface area contributed by atoms with Crippen molar-refractivity contribution in [3.05, 3.63) is 41.3 Å². The zero-order valence-corrected chi connectivity index (χ0v) is 10.6. The average Bonchev–Trinajstić information content (AvgIpc) is 2.29. The van der Waals surface area contributed by atoms with Gasteiger partial charge in [-0.25, -0.2) is 4.98 Å². The molecule has 0 N–H and O–H groups in total. The lowest BCUT2D eigenvalue weighted by Crippen LogP contribution is -1.94. The molecule has 1 heterocycles. The number of halogens is 1. The third-order valence-corrected chi connectivity index (χ3v) is 2.59. The normalized spacial score (nSPS) is 10.8. The van der Waals surface area contributed by atoms with Gasteiger partial charge in [0.15, 0.2) is 0 Å². The average molecular weight is 248 g/mol. The van der Waals surface area contributed by atoms with Crippen molar-refractivity contribution in [2.45, 2.75) is 20.3 Å². The van der Waals surface area contributed by atoms with E-state index in [1.807, 2.05) is 12.1 Å². The fourth-order valence-corrected chi connectivity index (χ4v) is 1.84. The van der Waals surface area contributed by atoms with Gasteiger partial charge in [-0.05, 0) is 29.5 Å². The van der Waals surface area contributed by atoms with Gasteiger partial charge >= 0.3 is 0 Å². The third-order valence-electron chi connectivity index (χ3n) is 2.43. The number of hydrogen-bond donors (Lipinski definition) is 0. The first kappa shape index (κ1) is 12.0. The zero-order chi connectivity index (χ0) is 12.3. The molecule has 0 radical (unpaired) electrons. The minimum absolute atomic E-state index is 0.175.